The number of nitrogens with zero attached hydrogens (tertiary/aromatic N) is 5. The number of ether oxygens (including phenoxy) is 1. The average molecular weight is 373 g/mol. The zero-order valence-corrected chi connectivity index (χ0v) is 15.5. The Labute approximate surface area is 157 Å². The van der Waals surface area contributed by atoms with Crippen LogP contribution >= 0.6 is 11.3 Å². The third kappa shape index (κ3) is 4.02. The first-order valence-corrected chi connectivity index (χ1v) is 10.0. The van der Waals surface area contributed by atoms with E-state index in [1.54, 1.807) is 36.1 Å². The number of amides is 1. The van der Waals surface area contributed by atoms with Crippen LogP contribution in [0.3, 0.4) is 0 Å². The zero-order valence-electron chi connectivity index (χ0n) is 14.7. The maximum atomic E-state index is 12.5. The van der Waals surface area contributed by atoms with Gasteiger partial charge in [-0.05, 0) is 25.7 Å². The molecule has 0 N–H and O–H groups in total. The maximum absolute atomic E-state index is 12.5. The summed E-state index contributed by atoms with van der Waals surface area (Å²) in [5.74, 6) is -0.00731. The van der Waals surface area contributed by atoms with E-state index in [1.807, 2.05) is 10.3 Å². The van der Waals surface area contributed by atoms with Crippen molar-refractivity contribution in [3.8, 4) is 5.19 Å². The van der Waals surface area contributed by atoms with Crippen LogP contribution in [0.25, 0.3) is 0 Å². The van der Waals surface area contributed by atoms with E-state index in [4.69, 9.17) is 4.74 Å². The number of thiazole rings is 1. The van der Waals surface area contributed by atoms with Crippen LogP contribution in [0.4, 0.5) is 0 Å². The molecule has 0 aromatic carbocycles. The van der Waals surface area contributed by atoms with Gasteiger partial charge < -0.3 is 9.64 Å². The van der Waals surface area contributed by atoms with Crippen molar-refractivity contribution in [1.29, 1.82) is 0 Å². The lowest BCUT2D eigenvalue weighted by Crippen LogP contribution is -2.50. The average Bonchev–Trinajstić information content (AvgIpc) is 3.22. The lowest BCUT2D eigenvalue weighted by Gasteiger charge is -2.41. The topological polar surface area (TPSA) is 71.5 Å². The van der Waals surface area contributed by atoms with Gasteiger partial charge >= 0.3 is 0 Å². The van der Waals surface area contributed by atoms with Crippen LogP contribution in [-0.2, 0) is 0 Å². The molecule has 0 bridgehead atoms. The van der Waals surface area contributed by atoms with Crippen LogP contribution in [0, 0.1) is 0 Å². The van der Waals surface area contributed by atoms with Crippen molar-refractivity contribution in [3.05, 3.63) is 35.9 Å². The highest BCUT2D eigenvalue weighted by Crippen LogP contribution is 2.25. The maximum Gasteiger partial charge on any atom is 0.274 e. The summed E-state index contributed by atoms with van der Waals surface area (Å²) in [5, 5.41) is 2.72. The second kappa shape index (κ2) is 8.09. The summed E-state index contributed by atoms with van der Waals surface area (Å²) in [7, 11) is 0. The Bertz CT molecular complexity index is 696. The highest BCUT2D eigenvalue weighted by atomic mass is 32.1. The van der Waals surface area contributed by atoms with Crippen molar-refractivity contribution >= 4 is 17.2 Å². The number of rotatable bonds is 4. The van der Waals surface area contributed by atoms with E-state index in [-0.39, 0.29) is 12.0 Å². The molecular weight excluding hydrogens is 350 g/mol. The molecule has 1 amide bonds. The molecule has 0 saturated carbocycles. The predicted octanol–water partition coefficient (Wildman–Crippen LogP) is 2.08. The lowest BCUT2D eigenvalue weighted by molar-refractivity contribution is 0.0422. The number of carbonyl (C=O) groups excluding carboxylic acids is 1. The third-order valence-corrected chi connectivity index (χ3v) is 5.87. The Morgan fingerprint density at radius 3 is 2.50 bits per heavy atom. The first-order chi connectivity index (χ1) is 12.8. The molecule has 2 fully saturated rings. The number of hydrogen-bond donors (Lipinski definition) is 0. The van der Waals surface area contributed by atoms with Gasteiger partial charge in [0.25, 0.3) is 11.1 Å². The molecule has 26 heavy (non-hydrogen) atoms. The van der Waals surface area contributed by atoms with Gasteiger partial charge in [0.05, 0.1) is 6.20 Å². The van der Waals surface area contributed by atoms with E-state index in [2.05, 4.69) is 19.9 Å². The fourth-order valence-electron chi connectivity index (χ4n) is 3.78. The number of likely N-dealkylation sites (tertiary alicyclic amines) is 2. The molecule has 2 saturated heterocycles. The Hall–Kier alpha value is -2.06. The molecule has 4 heterocycles. The summed E-state index contributed by atoms with van der Waals surface area (Å²) < 4.78 is 5.94. The second-order valence-electron chi connectivity index (χ2n) is 6.77. The first-order valence-electron chi connectivity index (χ1n) is 9.15. The summed E-state index contributed by atoms with van der Waals surface area (Å²) >= 11 is 1.55. The van der Waals surface area contributed by atoms with Gasteiger partial charge in [-0.3, -0.25) is 14.7 Å². The molecule has 0 spiro atoms. The Kier molecular flexibility index (Phi) is 5.40. The van der Waals surface area contributed by atoms with E-state index in [1.165, 1.54) is 0 Å². The molecule has 8 heteroatoms. The van der Waals surface area contributed by atoms with Crippen molar-refractivity contribution in [1.82, 2.24) is 24.8 Å². The molecule has 0 atom stereocenters. The summed E-state index contributed by atoms with van der Waals surface area (Å²) in [6.07, 6.45) is 10.9. The minimum Gasteiger partial charge on any atom is -0.467 e. The van der Waals surface area contributed by atoms with E-state index in [0.717, 1.165) is 57.1 Å². The molecule has 0 unspecified atom stereocenters. The number of piperidine rings is 2. The summed E-state index contributed by atoms with van der Waals surface area (Å²) in [6.45, 7) is 3.68. The second-order valence-corrected chi connectivity index (χ2v) is 7.62. The molecular formula is C18H23N5O2S. The summed E-state index contributed by atoms with van der Waals surface area (Å²) in [4.78, 5) is 29.2. The number of aromatic nitrogens is 3. The molecule has 0 aliphatic carbocycles. The lowest BCUT2D eigenvalue weighted by atomic mass is 9.98. The standard InChI is InChI=1S/C18H23N5O2S/c24-17(16-13-19-5-6-20-16)23-8-1-14(2-9-23)22-10-3-15(4-11-22)25-18-21-7-12-26-18/h5-7,12-15H,1-4,8-11H2. The smallest absolute Gasteiger partial charge is 0.274 e. The van der Waals surface area contributed by atoms with E-state index in [0.29, 0.717) is 11.7 Å². The van der Waals surface area contributed by atoms with Gasteiger partial charge in [-0.1, -0.05) is 11.3 Å². The number of carbonyl (C=O) groups is 1. The van der Waals surface area contributed by atoms with Crippen molar-refractivity contribution < 1.29 is 9.53 Å². The van der Waals surface area contributed by atoms with Crippen LogP contribution in [0.1, 0.15) is 36.2 Å². The van der Waals surface area contributed by atoms with Gasteiger partial charge in [0, 0.05) is 56.2 Å². The largest absolute Gasteiger partial charge is 0.467 e. The fourth-order valence-corrected chi connectivity index (χ4v) is 4.33. The minimum atomic E-state index is -0.00731. The van der Waals surface area contributed by atoms with Crippen LogP contribution < -0.4 is 4.74 Å². The Morgan fingerprint density at radius 2 is 1.85 bits per heavy atom. The Morgan fingerprint density at radius 1 is 1.04 bits per heavy atom. The van der Waals surface area contributed by atoms with Crippen molar-refractivity contribution in [3.63, 3.8) is 0 Å². The molecule has 0 radical (unpaired) electrons. The van der Waals surface area contributed by atoms with Gasteiger partial charge in [0.15, 0.2) is 0 Å². The molecule has 7 nitrogen and oxygen atoms in total. The van der Waals surface area contributed by atoms with Crippen LogP contribution in [0.2, 0.25) is 0 Å². The highest BCUT2D eigenvalue weighted by molar-refractivity contribution is 7.11. The molecule has 138 valence electrons. The van der Waals surface area contributed by atoms with E-state index in [9.17, 15) is 4.79 Å². The highest BCUT2D eigenvalue weighted by Gasteiger charge is 2.30. The quantitative estimate of drug-likeness (QED) is 0.817. The van der Waals surface area contributed by atoms with E-state index < -0.39 is 0 Å². The third-order valence-electron chi connectivity index (χ3n) is 5.20. The summed E-state index contributed by atoms with van der Waals surface area (Å²) in [6, 6.07) is 0.557. The normalized spacial score (nSPS) is 20.2. The Balaban J connectivity index is 1.23. The van der Waals surface area contributed by atoms with Gasteiger partial charge in [-0.2, -0.15) is 0 Å². The first kappa shape index (κ1) is 17.4. The zero-order chi connectivity index (χ0) is 17.8. The summed E-state index contributed by atoms with van der Waals surface area (Å²) in [5.41, 5.74) is 0.436. The van der Waals surface area contributed by atoms with Crippen LogP contribution in [0.5, 0.6) is 5.19 Å². The SMILES string of the molecule is O=C(c1cnccn1)N1CCC(N2CCC(Oc3nccs3)CC2)CC1. The molecule has 2 aromatic heterocycles. The van der Waals surface area contributed by atoms with Gasteiger partial charge in [0.2, 0.25) is 0 Å². The van der Waals surface area contributed by atoms with Crippen molar-refractivity contribution in [2.75, 3.05) is 26.2 Å². The van der Waals surface area contributed by atoms with Crippen LogP contribution in [0.15, 0.2) is 30.2 Å². The molecule has 2 aliphatic heterocycles. The monoisotopic (exact) mass is 373 g/mol. The van der Waals surface area contributed by atoms with Gasteiger partial charge in [0.1, 0.15) is 11.8 Å². The molecule has 2 aliphatic rings. The van der Waals surface area contributed by atoms with Gasteiger partial charge in [-0.15, -0.1) is 0 Å². The van der Waals surface area contributed by atoms with Crippen molar-refractivity contribution in [2.24, 2.45) is 0 Å². The predicted molar refractivity (Wildman–Crippen MR) is 98.3 cm³/mol. The fraction of sp³-hybridized carbons (Fsp3) is 0.556. The van der Waals surface area contributed by atoms with E-state index >= 15 is 0 Å². The van der Waals surface area contributed by atoms with Gasteiger partial charge in [-0.25, -0.2) is 9.97 Å². The number of hydrogen-bond acceptors (Lipinski definition) is 7. The minimum absolute atomic E-state index is 0.00731. The molecule has 2 aromatic rings. The van der Waals surface area contributed by atoms with Crippen LogP contribution in [-0.4, -0.2) is 69.0 Å². The molecule has 4 rings (SSSR count). The van der Waals surface area contributed by atoms with Crippen molar-refractivity contribution in [2.45, 2.75) is 37.8 Å².